The van der Waals surface area contributed by atoms with Gasteiger partial charge >= 0.3 is 5.97 Å². The maximum absolute atomic E-state index is 12.1. The lowest BCUT2D eigenvalue weighted by molar-refractivity contribution is 0.0585. The van der Waals surface area contributed by atoms with Gasteiger partial charge in [-0.3, -0.25) is 0 Å². The van der Waals surface area contributed by atoms with Crippen molar-refractivity contribution in [2.24, 2.45) is 0 Å². The van der Waals surface area contributed by atoms with E-state index in [2.05, 4.69) is 11.2 Å². The van der Waals surface area contributed by atoms with Crippen molar-refractivity contribution in [2.45, 2.75) is 6.92 Å². The molecule has 5 nitrogen and oxygen atoms in total. The molecule has 0 fully saturated rings. The Hall–Kier alpha value is -3.60. The van der Waals surface area contributed by atoms with Gasteiger partial charge in [0.25, 0.3) is 0 Å². The van der Waals surface area contributed by atoms with Crippen molar-refractivity contribution in [3.8, 4) is 22.3 Å². The number of aromatic nitrogens is 1. The number of hydrogen-bond acceptors (Lipinski definition) is 5. The maximum atomic E-state index is 12.1. The van der Waals surface area contributed by atoms with Crippen molar-refractivity contribution >= 4 is 27.9 Å². The minimum absolute atomic E-state index is 0.168. The Labute approximate surface area is 154 Å². The Kier molecular flexibility index (Phi) is 3.31. The van der Waals surface area contributed by atoms with E-state index in [1.807, 2.05) is 55.5 Å². The zero-order valence-electron chi connectivity index (χ0n) is 14.8. The van der Waals surface area contributed by atoms with Gasteiger partial charge in [0.1, 0.15) is 16.9 Å². The van der Waals surface area contributed by atoms with Crippen LogP contribution >= 0.6 is 0 Å². The second kappa shape index (κ2) is 5.71. The quantitative estimate of drug-likeness (QED) is 0.394. The first-order valence-electron chi connectivity index (χ1n) is 8.57. The summed E-state index contributed by atoms with van der Waals surface area (Å²) in [6.45, 7) is 1.83. The van der Waals surface area contributed by atoms with Crippen LogP contribution in [0.15, 0.2) is 63.5 Å². The van der Waals surface area contributed by atoms with Crippen LogP contribution in [0.2, 0.25) is 0 Å². The standard InChI is InChI=1S/C22H15NO4/c1-12-19-14(10-11-17(19)20(23-27-12)22(24)25-2)16-8-5-7-15-13-6-3-4-9-18(13)26-21(15)16/h3-11H,1-2H3. The molecule has 2 heterocycles. The number of nitrogens with zero attached hydrogens (tertiary/aromatic N) is 1. The van der Waals surface area contributed by atoms with E-state index in [1.165, 1.54) is 7.11 Å². The van der Waals surface area contributed by atoms with E-state index < -0.39 is 5.97 Å². The molecule has 27 heavy (non-hydrogen) atoms. The lowest BCUT2D eigenvalue weighted by atomic mass is 9.98. The zero-order valence-corrected chi connectivity index (χ0v) is 14.8. The van der Waals surface area contributed by atoms with Crippen molar-refractivity contribution in [3.63, 3.8) is 0 Å². The van der Waals surface area contributed by atoms with Crippen molar-refractivity contribution in [1.82, 2.24) is 5.16 Å². The fourth-order valence-corrected chi connectivity index (χ4v) is 3.69. The summed E-state index contributed by atoms with van der Waals surface area (Å²) in [5.41, 5.74) is 5.23. The summed E-state index contributed by atoms with van der Waals surface area (Å²) in [6.07, 6.45) is 0. The third kappa shape index (κ3) is 2.18. The number of rotatable bonds is 2. The second-order valence-corrected chi connectivity index (χ2v) is 6.40. The number of carbonyl (C=O) groups is 1. The number of ether oxygens (including phenoxy) is 1. The number of furan rings is 1. The molecule has 2 aliphatic rings. The molecule has 0 radical (unpaired) electrons. The van der Waals surface area contributed by atoms with Crippen molar-refractivity contribution in [1.29, 1.82) is 0 Å². The van der Waals surface area contributed by atoms with Gasteiger partial charge in [0.05, 0.1) is 7.11 Å². The third-order valence-corrected chi connectivity index (χ3v) is 4.91. The zero-order chi connectivity index (χ0) is 18.5. The average molecular weight is 357 g/mol. The van der Waals surface area contributed by atoms with E-state index in [0.717, 1.165) is 38.6 Å². The fraction of sp³-hybridized carbons (Fsp3) is 0.0909. The molecule has 0 bridgehead atoms. The molecule has 0 saturated heterocycles. The minimum atomic E-state index is -0.525. The predicted molar refractivity (Wildman–Crippen MR) is 102 cm³/mol. The van der Waals surface area contributed by atoms with E-state index in [-0.39, 0.29) is 5.69 Å². The van der Waals surface area contributed by atoms with E-state index in [0.29, 0.717) is 11.3 Å². The molecule has 0 amide bonds. The smallest absolute Gasteiger partial charge is 0.360 e. The highest BCUT2D eigenvalue weighted by Gasteiger charge is 2.26. The maximum Gasteiger partial charge on any atom is 0.360 e. The van der Waals surface area contributed by atoms with Crippen LogP contribution in [0.25, 0.3) is 44.2 Å². The van der Waals surface area contributed by atoms with Crippen LogP contribution in [0.5, 0.6) is 0 Å². The van der Waals surface area contributed by atoms with Crippen molar-refractivity contribution in [2.75, 3.05) is 7.11 Å². The Bertz CT molecular complexity index is 1290. The highest BCUT2D eigenvalue weighted by Crippen LogP contribution is 2.43. The number of para-hydroxylation sites is 2. The molecular weight excluding hydrogens is 342 g/mol. The van der Waals surface area contributed by atoms with Gasteiger partial charge in [0, 0.05) is 27.5 Å². The molecule has 0 saturated carbocycles. The topological polar surface area (TPSA) is 65.5 Å². The number of benzene rings is 2. The molecule has 0 spiro atoms. The summed E-state index contributed by atoms with van der Waals surface area (Å²) in [5.74, 6) is 0.105. The van der Waals surface area contributed by atoms with Crippen LogP contribution in [0.4, 0.5) is 0 Å². The summed E-state index contributed by atoms with van der Waals surface area (Å²) < 4.78 is 16.4. The third-order valence-electron chi connectivity index (χ3n) is 4.91. The number of carbonyl (C=O) groups excluding carboxylic acids is 1. The average Bonchev–Trinajstić information content (AvgIpc) is 3.30. The first-order valence-corrected chi connectivity index (χ1v) is 8.57. The van der Waals surface area contributed by atoms with Crippen LogP contribution in [-0.4, -0.2) is 18.2 Å². The molecule has 1 aliphatic heterocycles. The number of hydrogen-bond donors (Lipinski definition) is 0. The van der Waals surface area contributed by atoms with E-state index in [9.17, 15) is 4.79 Å². The monoisotopic (exact) mass is 357 g/mol. The van der Waals surface area contributed by atoms with Gasteiger partial charge in [-0.2, -0.15) is 0 Å². The number of methoxy groups -OCH3 is 1. The van der Waals surface area contributed by atoms with Crippen molar-refractivity contribution < 1.29 is 18.5 Å². The van der Waals surface area contributed by atoms with Crippen LogP contribution in [-0.2, 0) is 4.74 Å². The molecule has 132 valence electrons. The predicted octanol–water partition coefficient (Wildman–Crippen LogP) is 5.44. The van der Waals surface area contributed by atoms with Crippen LogP contribution in [0, 0.1) is 6.92 Å². The van der Waals surface area contributed by atoms with Gasteiger partial charge in [0.2, 0.25) is 0 Å². The van der Waals surface area contributed by atoms with Crippen molar-refractivity contribution in [3.05, 3.63) is 66.1 Å². The minimum Gasteiger partial charge on any atom is -0.464 e. The molecule has 0 unspecified atom stereocenters. The first kappa shape index (κ1) is 15.6. The van der Waals surface area contributed by atoms with Gasteiger partial charge in [-0.1, -0.05) is 53.7 Å². The highest BCUT2D eigenvalue weighted by atomic mass is 16.5. The molecule has 0 N–H and O–H groups in total. The Morgan fingerprint density at radius 3 is 2.56 bits per heavy atom. The van der Waals surface area contributed by atoms with E-state index >= 15 is 0 Å². The molecule has 5 rings (SSSR count). The second-order valence-electron chi connectivity index (χ2n) is 6.40. The summed E-state index contributed by atoms with van der Waals surface area (Å²) in [6, 6.07) is 17.9. The molecule has 3 aromatic rings. The van der Waals surface area contributed by atoms with Crippen LogP contribution in [0.3, 0.4) is 0 Å². The SMILES string of the molecule is COC(=O)c1noc(C)c2c(-c3cccc4c3oc3ccccc34)ccc1-2. The normalized spacial score (nSPS) is 11.5. The number of esters is 1. The van der Waals surface area contributed by atoms with Gasteiger partial charge < -0.3 is 13.7 Å². The molecule has 1 aliphatic carbocycles. The largest absolute Gasteiger partial charge is 0.464 e. The van der Waals surface area contributed by atoms with Gasteiger partial charge in [-0.05, 0) is 18.6 Å². The summed E-state index contributed by atoms with van der Waals surface area (Å²) in [4.78, 5) is 12.1. The van der Waals surface area contributed by atoms with Gasteiger partial charge in [-0.25, -0.2) is 4.79 Å². The Morgan fingerprint density at radius 1 is 0.926 bits per heavy atom. The van der Waals surface area contributed by atoms with E-state index in [1.54, 1.807) is 0 Å². The number of fused-ring (bicyclic) bond motifs is 4. The molecule has 2 aromatic carbocycles. The van der Waals surface area contributed by atoms with E-state index in [4.69, 9.17) is 13.7 Å². The van der Waals surface area contributed by atoms with Gasteiger partial charge in [-0.15, -0.1) is 0 Å². The Morgan fingerprint density at radius 2 is 1.70 bits per heavy atom. The fourth-order valence-electron chi connectivity index (χ4n) is 3.69. The molecule has 0 atom stereocenters. The van der Waals surface area contributed by atoms with Crippen LogP contribution in [0.1, 0.15) is 16.2 Å². The Balaban J connectivity index is 1.81. The molecule has 1 aromatic heterocycles. The highest BCUT2D eigenvalue weighted by molar-refractivity contribution is 6.11. The van der Waals surface area contributed by atoms with Crippen LogP contribution < -0.4 is 0 Å². The van der Waals surface area contributed by atoms with Gasteiger partial charge in [0.15, 0.2) is 5.69 Å². The lowest BCUT2D eigenvalue weighted by Gasteiger charge is -2.10. The summed E-state index contributed by atoms with van der Waals surface area (Å²) >= 11 is 0. The lowest BCUT2D eigenvalue weighted by Crippen LogP contribution is -2.07. The summed E-state index contributed by atoms with van der Waals surface area (Å²) in [7, 11) is 1.33. The molecular formula is C22H15NO4. The summed E-state index contributed by atoms with van der Waals surface area (Å²) in [5, 5.41) is 6.03. The number of aryl methyl sites for hydroxylation is 1. The first-order chi connectivity index (χ1) is 13.2. The molecule has 5 heteroatoms.